The number of carbonyl (C=O) groups excluding carboxylic acids is 1. The molecule has 0 spiro atoms. The summed E-state index contributed by atoms with van der Waals surface area (Å²) in [6, 6.07) is 0. The number of nitrogens with one attached hydrogen (secondary N) is 3. The fraction of sp³-hybridized carbons (Fsp3) is 0.545. The van der Waals surface area contributed by atoms with Gasteiger partial charge in [-0.2, -0.15) is 4.98 Å². The van der Waals surface area contributed by atoms with Gasteiger partial charge in [-0.15, -0.1) is 0 Å². The molecule has 0 saturated carbocycles. The lowest BCUT2D eigenvalue weighted by atomic mass is 10.3. The van der Waals surface area contributed by atoms with Gasteiger partial charge in [0.25, 0.3) is 0 Å². The van der Waals surface area contributed by atoms with Crippen molar-refractivity contribution in [2.45, 2.75) is 19.8 Å². The van der Waals surface area contributed by atoms with Crippen molar-refractivity contribution in [2.24, 2.45) is 0 Å². The molecule has 1 aromatic rings. The van der Waals surface area contributed by atoms with Crippen LogP contribution in [0, 0.1) is 5.82 Å². The summed E-state index contributed by atoms with van der Waals surface area (Å²) in [6.07, 6.45) is 2.25. The van der Waals surface area contributed by atoms with Crippen LogP contribution >= 0.6 is 0 Å². The molecule has 6 nitrogen and oxygen atoms in total. The Morgan fingerprint density at radius 3 is 2.89 bits per heavy atom. The number of nitrogens with zero attached hydrogens (tertiary/aromatic N) is 2. The number of hydrogen-bond donors (Lipinski definition) is 3. The summed E-state index contributed by atoms with van der Waals surface area (Å²) in [4.78, 5) is 18.9. The Morgan fingerprint density at radius 1 is 1.44 bits per heavy atom. The highest BCUT2D eigenvalue weighted by atomic mass is 19.1. The van der Waals surface area contributed by atoms with Crippen molar-refractivity contribution in [3.8, 4) is 0 Å². The lowest BCUT2D eigenvalue weighted by molar-refractivity contribution is -0.120. The molecule has 100 valence electrons. The van der Waals surface area contributed by atoms with E-state index in [1.165, 1.54) is 0 Å². The minimum Gasteiger partial charge on any atom is -0.367 e. The van der Waals surface area contributed by atoms with E-state index in [4.69, 9.17) is 0 Å². The van der Waals surface area contributed by atoms with E-state index in [0.717, 1.165) is 12.6 Å². The third-order valence-electron chi connectivity index (χ3n) is 2.18. The monoisotopic (exact) mass is 255 g/mol. The second kappa shape index (κ2) is 7.41. The number of hydrogen-bond acceptors (Lipinski definition) is 5. The predicted molar refractivity (Wildman–Crippen MR) is 67.9 cm³/mol. The summed E-state index contributed by atoms with van der Waals surface area (Å²) < 4.78 is 13.3. The number of aromatic nitrogens is 2. The minimum absolute atomic E-state index is 0.0624. The average molecular weight is 255 g/mol. The number of amides is 1. The van der Waals surface area contributed by atoms with Crippen LogP contribution in [0.25, 0.3) is 0 Å². The summed E-state index contributed by atoms with van der Waals surface area (Å²) in [7, 11) is 1.65. The smallest absolute Gasteiger partial charge is 0.224 e. The van der Waals surface area contributed by atoms with E-state index in [2.05, 4.69) is 25.9 Å². The van der Waals surface area contributed by atoms with Crippen LogP contribution in [-0.2, 0) is 4.79 Å². The van der Waals surface area contributed by atoms with Crippen LogP contribution in [0.1, 0.15) is 19.8 Å². The zero-order chi connectivity index (χ0) is 13.4. The molecule has 0 unspecified atom stereocenters. The van der Waals surface area contributed by atoms with Gasteiger partial charge in [-0.05, 0) is 6.42 Å². The van der Waals surface area contributed by atoms with Crippen LogP contribution in [0.2, 0.25) is 0 Å². The molecule has 1 heterocycles. The maximum Gasteiger partial charge on any atom is 0.224 e. The van der Waals surface area contributed by atoms with Crippen molar-refractivity contribution in [1.29, 1.82) is 0 Å². The van der Waals surface area contributed by atoms with Gasteiger partial charge in [0.05, 0.1) is 6.20 Å². The molecule has 0 aliphatic heterocycles. The normalized spacial score (nSPS) is 9.94. The van der Waals surface area contributed by atoms with Gasteiger partial charge in [-0.1, -0.05) is 6.92 Å². The molecule has 0 saturated heterocycles. The fourth-order valence-electron chi connectivity index (χ4n) is 1.26. The largest absolute Gasteiger partial charge is 0.367 e. The first-order valence-electron chi connectivity index (χ1n) is 5.88. The molecule has 0 bridgehead atoms. The second-order valence-corrected chi connectivity index (χ2v) is 3.67. The Kier molecular flexibility index (Phi) is 5.83. The van der Waals surface area contributed by atoms with E-state index in [1.54, 1.807) is 7.05 Å². The van der Waals surface area contributed by atoms with Crippen LogP contribution in [0.5, 0.6) is 0 Å². The topological polar surface area (TPSA) is 78.9 Å². The van der Waals surface area contributed by atoms with Crippen molar-refractivity contribution in [1.82, 2.24) is 15.3 Å². The molecule has 0 atom stereocenters. The first kappa shape index (κ1) is 14.1. The first-order chi connectivity index (χ1) is 8.67. The molecule has 1 aromatic heterocycles. The number of rotatable bonds is 7. The lowest BCUT2D eigenvalue weighted by Crippen LogP contribution is -2.26. The summed E-state index contributed by atoms with van der Waals surface area (Å²) in [5.74, 6) is -0.178. The summed E-state index contributed by atoms with van der Waals surface area (Å²) in [5.41, 5.74) is 0. The van der Waals surface area contributed by atoms with E-state index in [9.17, 15) is 9.18 Å². The summed E-state index contributed by atoms with van der Waals surface area (Å²) >= 11 is 0. The van der Waals surface area contributed by atoms with Crippen LogP contribution in [0.3, 0.4) is 0 Å². The van der Waals surface area contributed by atoms with Crippen LogP contribution in [0.4, 0.5) is 16.2 Å². The quantitative estimate of drug-likeness (QED) is 0.677. The van der Waals surface area contributed by atoms with Gasteiger partial charge in [0, 0.05) is 26.6 Å². The molecule has 1 amide bonds. The fourth-order valence-corrected chi connectivity index (χ4v) is 1.26. The molecule has 0 radical (unpaired) electrons. The summed E-state index contributed by atoms with van der Waals surface area (Å²) in [5, 5.41) is 8.22. The standard InChI is InChI=1S/C11H18FN5O/c1-3-5-14-9(18)4-6-15-10-8(12)7-16-11(13-2)17-10/h7H,3-6H2,1-2H3,(H,14,18)(H2,13,15,16,17). The average Bonchev–Trinajstić information content (AvgIpc) is 2.38. The second-order valence-electron chi connectivity index (χ2n) is 3.67. The molecule has 3 N–H and O–H groups in total. The van der Waals surface area contributed by atoms with Crippen molar-refractivity contribution in [3.05, 3.63) is 12.0 Å². The van der Waals surface area contributed by atoms with E-state index >= 15 is 0 Å². The van der Waals surface area contributed by atoms with Gasteiger partial charge in [0.1, 0.15) is 0 Å². The highest BCUT2D eigenvalue weighted by Gasteiger charge is 2.06. The van der Waals surface area contributed by atoms with Gasteiger partial charge < -0.3 is 16.0 Å². The highest BCUT2D eigenvalue weighted by Crippen LogP contribution is 2.11. The molecule has 0 fully saturated rings. The molecule has 18 heavy (non-hydrogen) atoms. The SMILES string of the molecule is CCCNC(=O)CCNc1nc(NC)ncc1F. The van der Waals surface area contributed by atoms with Crippen LogP contribution < -0.4 is 16.0 Å². The van der Waals surface area contributed by atoms with Gasteiger partial charge in [-0.3, -0.25) is 4.79 Å². The van der Waals surface area contributed by atoms with Gasteiger partial charge >= 0.3 is 0 Å². The highest BCUT2D eigenvalue weighted by molar-refractivity contribution is 5.76. The van der Waals surface area contributed by atoms with Crippen molar-refractivity contribution in [2.75, 3.05) is 30.8 Å². The Hall–Kier alpha value is -1.92. The van der Waals surface area contributed by atoms with E-state index in [-0.39, 0.29) is 18.1 Å². The molecular weight excluding hydrogens is 237 g/mol. The molecule has 0 aromatic carbocycles. The van der Waals surface area contributed by atoms with Gasteiger partial charge in [-0.25, -0.2) is 9.37 Å². The van der Waals surface area contributed by atoms with E-state index in [0.29, 0.717) is 19.0 Å². The molecule has 1 rings (SSSR count). The zero-order valence-electron chi connectivity index (χ0n) is 10.6. The van der Waals surface area contributed by atoms with Gasteiger partial charge in [0.2, 0.25) is 11.9 Å². The number of halogens is 1. The summed E-state index contributed by atoms with van der Waals surface area (Å²) in [6.45, 7) is 2.96. The van der Waals surface area contributed by atoms with Crippen molar-refractivity contribution in [3.63, 3.8) is 0 Å². The predicted octanol–water partition coefficient (Wildman–Crippen LogP) is 0.986. The molecule has 0 aliphatic rings. The molecule has 0 aliphatic carbocycles. The maximum atomic E-state index is 13.3. The first-order valence-corrected chi connectivity index (χ1v) is 5.88. The van der Waals surface area contributed by atoms with E-state index in [1.807, 2.05) is 6.92 Å². The van der Waals surface area contributed by atoms with Crippen molar-refractivity contribution < 1.29 is 9.18 Å². The van der Waals surface area contributed by atoms with Crippen LogP contribution in [-0.4, -0.2) is 36.0 Å². The Morgan fingerprint density at radius 2 is 2.22 bits per heavy atom. The van der Waals surface area contributed by atoms with Crippen molar-refractivity contribution >= 4 is 17.7 Å². The molecular formula is C11H18FN5O. The number of carbonyl (C=O) groups is 1. The number of anilines is 2. The van der Waals surface area contributed by atoms with Gasteiger partial charge in [0.15, 0.2) is 11.6 Å². The maximum absolute atomic E-state index is 13.3. The zero-order valence-corrected chi connectivity index (χ0v) is 10.6. The van der Waals surface area contributed by atoms with Crippen LogP contribution in [0.15, 0.2) is 6.20 Å². The third kappa shape index (κ3) is 4.52. The minimum atomic E-state index is -0.539. The Labute approximate surface area is 105 Å². The Balaban J connectivity index is 2.41. The Bertz CT molecular complexity index is 399. The third-order valence-corrected chi connectivity index (χ3v) is 2.18. The van der Waals surface area contributed by atoms with E-state index < -0.39 is 5.82 Å². The molecule has 7 heteroatoms. The lowest BCUT2D eigenvalue weighted by Gasteiger charge is -2.08.